The lowest BCUT2D eigenvalue weighted by Crippen LogP contribution is -2.21. The number of benzene rings is 1. The second-order valence-corrected chi connectivity index (χ2v) is 5.84. The Morgan fingerprint density at radius 3 is 2.64 bits per heavy atom. The van der Waals surface area contributed by atoms with Crippen molar-refractivity contribution in [3.8, 4) is 0 Å². The molecule has 1 aromatic heterocycles. The van der Waals surface area contributed by atoms with Crippen LogP contribution in [0.25, 0.3) is 0 Å². The molecule has 0 amide bonds. The van der Waals surface area contributed by atoms with Crippen LogP contribution in [0.4, 0.5) is 23.1 Å². The Hall–Kier alpha value is -2.34. The molecule has 0 bridgehead atoms. The van der Waals surface area contributed by atoms with Gasteiger partial charge in [0.15, 0.2) is 0 Å². The number of rotatable bonds is 10. The Labute approximate surface area is 150 Å². The first-order valence-electron chi connectivity index (χ1n) is 8.86. The largest absolute Gasteiger partial charge is 0.385 e. The molecule has 0 spiro atoms. The van der Waals surface area contributed by atoms with Crippen LogP contribution in [0.2, 0.25) is 0 Å². The van der Waals surface area contributed by atoms with Crippen LogP contribution in [-0.2, 0) is 4.74 Å². The smallest absolute Gasteiger partial charge is 0.224 e. The summed E-state index contributed by atoms with van der Waals surface area (Å²) in [6, 6.07) is 8.34. The molecule has 0 saturated heterocycles. The predicted molar refractivity (Wildman–Crippen MR) is 105 cm³/mol. The molecule has 2 rings (SSSR count). The molecule has 0 aliphatic rings. The monoisotopic (exact) mass is 343 g/mol. The molecule has 6 nitrogen and oxygen atoms in total. The first-order valence-corrected chi connectivity index (χ1v) is 8.86. The van der Waals surface area contributed by atoms with E-state index in [1.54, 1.807) is 13.3 Å². The molecular formula is C19H29N5O. The fraction of sp³-hybridized carbons (Fsp3) is 0.474. The number of ether oxygens (including phenoxy) is 1. The zero-order chi connectivity index (χ0) is 18.1. The minimum Gasteiger partial charge on any atom is -0.385 e. The Kier molecular flexibility index (Phi) is 7.47. The van der Waals surface area contributed by atoms with Gasteiger partial charge in [-0.2, -0.15) is 4.98 Å². The molecule has 25 heavy (non-hydrogen) atoms. The van der Waals surface area contributed by atoms with Gasteiger partial charge in [0.05, 0.1) is 0 Å². The third-order valence-corrected chi connectivity index (χ3v) is 4.07. The third kappa shape index (κ3) is 5.60. The van der Waals surface area contributed by atoms with Crippen LogP contribution in [0, 0.1) is 6.92 Å². The highest BCUT2D eigenvalue weighted by atomic mass is 16.5. The fourth-order valence-electron chi connectivity index (χ4n) is 2.64. The molecule has 0 radical (unpaired) electrons. The van der Waals surface area contributed by atoms with Gasteiger partial charge in [0.2, 0.25) is 5.95 Å². The highest BCUT2D eigenvalue weighted by Crippen LogP contribution is 2.25. The zero-order valence-electron chi connectivity index (χ0n) is 15.7. The Morgan fingerprint density at radius 2 is 1.96 bits per heavy atom. The van der Waals surface area contributed by atoms with Crippen molar-refractivity contribution in [2.75, 3.05) is 48.9 Å². The van der Waals surface area contributed by atoms with E-state index < -0.39 is 0 Å². The van der Waals surface area contributed by atoms with E-state index in [2.05, 4.69) is 64.5 Å². The second-order valence-electron chi connectivity index (χ2n) is 5.84. The lowest BCUT2D eigenvalue weighted by Gasteiger charge is -2.22. The van der Waals surface area contributed by atoms with Crippen molar-refractivity contribution in [3.05, 3.63) is 36.0 Å². The topological polar surface area (TPSA) is 62.3 Å². The Balaban J connectivity index is 2.04. The van der Waals surface area contributed by atoms with Gasteiger partial charge in [-0.1, -0.05) is 0 Å². The van der Waals surface area contributed by atoms with Gasteiger partial charge < -0.3 is 20.3 Å². The van der Waals surface area contributed by atoms with Crippen molar-refractivity contribution in [1.29, 1.82) is 0 Å². The molecule has 0 aliphatic carbocycles. The summed E-state index contributed by atoms with van der Waals surface area (Å²) in [6.45, 7) is 9.98. The highest BCUT2D eigenvalue weighted by Gasteiger charge is 2.06. The number of anilines is 4. The van der Waals surface area contributed by atoms with Crippen molar-refractivity contribution < 1.29 is 4.74 Å². The van der Waals surface area contributed by atoms with Crippen LogP contribution < -0.4 is 15.5 Å². The quantitative estimate of drug-likeness (QED) is 0.640. The van der Waals surface area contributed by atoms with Crippen molar-refractivity contribution in [2.24, 2.45) is 0 Å². The third-order valence-electron chi connectivity index (χ3n) is 4.07. The molecule has 1 aromatic carbocycles. The summed E-state index contributed by atoms with van der Waals surface area (Å²) >= 11 is 0. The Bertz CT molecular complexity index is 658. The highest BCUT2D eigenvalue weighted by molar-refractivity contribution is 5.65. The van der Waals surface area contributed by atoms with Crippen LogP contribution in [0.5, 0.6) is 0 Å². The number of hydrogen-bond donors (Lipinski definition) is 2. The zero-order valence-corrected chi connectivity index (χ0v) is 15.7. The van der Waals surface area contributed by atoms with Crippen molar-refractivity contribution in [3.63, 3.8) is 0 Å². The molecule has 0 atom stereocenters. The summed E-state index contributed by atoms with van der Waals surface area (Å²) < 4.78 is 5.04. The van der Waals surface area contributed by atoms with E-state index in [0.717, 1.165) is 44.2 Å². The summed E-state index contributed by atoms with van der Waals surface area (Å²) in [5, 5.41) is 6.59. The first kappa shape index (κ1) is 19.0. The molecule has 2 aromatic rings. The lowest BCUT2D eigenvalue weighted by molar-refractivity contribution is 0.197. The van der Waals surface area contributed by atoms with Gasteiger partial charge in [0.25, 0.3) is 0 Å². The fourth-order valence-corrected chi connectivity index (χ4v) is 2.64. The van der Waals surface area contributed by atoms with E-state index in [1.807, 2.05) is 6.07 Å². The molecule has 0 aliphatic heterocycles. The number of aryl methyl sites for hydroxylation is 1. The maximum absolute atomic E-state index is 5.04. The SMILES string of the molecule is CCN(CC)c1ccc(Nc2ccnc(NCCCOC)n2)c(C)c1. The van der Waals surface area contributed by atoms with Crippen LogP contribution in [0.15, 0.2) is 30.5 Å². The van der Waals surface area contributed by atoms with Gasteiger partial charge >= 0.3 is 0 Å². The molecule has 0 unspecified atom stereocenters. The van der Waals surface area contributed by atoms with Crippen LogP contribution in [-0.4, -0.2) is 43.3 Å². The minimum atomic E-state index is 0.624. The van der Waals surface area contributed by atoms with Crippen molar-refractivity contribution in [1.82, 2.24) is 9.97 Å². The molecular weight excluding hydrogens is 314 g/mol. The van der Waals surface area contributed by atoms with Crippen molar-refractivity contribution in [2.45, 2.75) is 27.2 Å². The normalized spacial score (nSPS) is 10.6. The van der Waals surface area contributed by atoms with Crippen LogP contribution >= 0.6 is 0 Å². The Morgan fingerprint density at radius 1 is 1.16 bits per heavy atom. The van der Waals surface area contributed by atoms with Gasteiger partial charge in [-0.15, -0.1) is 0 Å². The standard InChI is InChI=1S/C19H29N5O/c1-5-24(6-2)16-8-9-17(15(3)14-16)22-18-10-12-21-19(23-18)20-11-7-13-25-4/h8-10,12,14H,5-7,11,13H2,1-4H3,(H2,20,21,22,23). The van der Waals surface area contributed by atoms with Crippen molar-refractivity contribution >= 4 is 23.1 Å². The second kappa shape index (κ2) is 9.84. The van der Waals surface area contributed by atoms with Gasteiger partial charge in [-0.25, -0.2) is 4.98 Å². The summed E-state index contributed by atoms with van der Waals surface area (Å²) in [4.78, 5) is 11.1. The summed E-state index contributed by atoms with van der Waals surface area (Å²) in [7, 11) is 1.70. The predicted octanol–water partition coefficient (Wildman–Crippen LogP) is 3.82. The molecule has 1 heterocycles. The lowest BCUT2D eigenvalue weighted by atomic mass is 10.1. The molecule has 6 heteroatoms. The minimum absolute atomic E-state index is 0.624. The number of nitrogens with one attached hydrogen (secondary N) is 2. The molecule has 2 N–H and O–H groups in total. The average molecular weight is 343 g/mol. The van der Waals surface area contributed by atoms with E-state index in [9.17, 15) is 0 Å². The summed E-state index contributed by atoms with van der Waals surface area (Å²) in [6.07, 6.45) is 2.68. The van der Waals surface area contributed by atoms with E-state index in [4.69, 9.17) is 4.74 Å². The van der Waals surface area contributed by atoms with Gasteiger partial charge in [-0.05, 0) is 57.0 Å². The number of methoxy groups -OCH3 is 1. The number of nitrogens with zero attached hydrogens (tertiary/aromatic N) is 3. The van der Waals surface area contributed by atoms with Crippen LogP contribution in [0.1, 0.15) is 25.8 Å². The maximum Gasteiger partial charge on any atom is 0.224 e. The number of hydrogen-bond acceptors (Lipinski definition) is 6. The first-order chi connectivity index (χ1) is 12.2. The summed E-state index contributed by atoms with van der Waals surface area (Å²) in [5.74, 6) is 1.40. The van der Waals surface area contributed by atoms with Gasteiger partial charge in [0.1, 0.15) is 5.82 Å². The van der Waals surface area contributed by atoms with E-state index in [-0.39, 0.29) is 0 Å². The average Bonchev–Trinajstić information content (AvgIpc) is 2.62. The summed E-state index contributed by atoms with van der Waals surface area (Å²) in [5.41, 5.74) is 3.49. The maximum atomic E-state index is 5.04. The van der Waals surface area contributed by atoms with E-state index in [1.165, 1.54) is 11.3 Å². The molecule has 136 valence electrons. The van der Waals surface area contributed by atoms with Gasteiger partial charge in [0, 0.05) is 50.9 Å². The molecule has 0 saturated carbocycles. The van der Waals surface area contributed by atoms with E-state index >= 15 is 0 Å². The molecule has 0 fully saturated rings. The van der Waals surface area contributed by atoms with Crippen LogP contribution in [0.3, 0.4) is 0 Å². The van der Waals surface area contributed by atoms with Gasteiger partial charge in [-0.3, -0.25) is 0 Å². The number of aromatic nitrogens is 2. The van der Waals surface area contributed by atoms with E-state index in [0.29, 0.717) is 5.95 Å².